The van der Waals surface area contributed by atoms with Crippen LogP contribution in [0.3, 0.4) is 0 Å². The third-order valence-electron chi connectivity index (χ3n) is 4.44. The molecule has 0 bridgehead atoms. The molecule has 0 aromatic carbocycles. The predicted molar refractivity (Wildman–Crippen MR) is 105 cm³/mol. The monoisotopic (exact) mass is 436 g/mol. The van der Waals surface area contributed by atoms with E-state index in [4.69, 9.17) is 15.3 Å². The number of carbonyl (C=O) groups is 3. The minimum Gasteiger partial charge on any atom is -1.00 e. The zero-order chi connectivity index (χ0) is 20.5. The third kappa shape index (κ3) is 18.8. The van der Waals surface area contributed by atoms with E-state index in [-0.39, 0.29) is 94.1 Å². The van der Waals surface area contributed by atoms with Crippen molar-refractivity contribution in [2.75, 3.05) is 26.2 Å². The molecule has 0 aromatic rings. The van der Waals surface area contributed by atoms with Crippen molar-refractivity contribution in [2.45, 2.75) is 77.2 Å². The molecule has 0 unspecified atom stereocenters. The first-order valence-corrected chi connectivity index (χ1v) is 10.0. The molecule has 0 saturated carbocycles. The van der Waals surface area contributed by atoms with E-state index < -0.39 is 18.0 Å². The minimum atomic E-state index is -1.70. The molecule has 0 atom stereocenters. The maximum Gasteiger partial charge on any atom is 1.00 e. The molecule has 0 aliphatic carbocycles. The van der Waals surface area contributed by atoms with Gasteiger partial charge in [0, 0.05) is 26.1 Å². The van der Waals surface area contributed by atoms with Crippen LogP contribution in [0.25, 0.3) is 0 Å². The van der Waals surface area contributed by atoms with Gasteiger partial charge in [-0.25, -0.2) is 9.59 Å². The van der Waals surface area contributed by atoms with Crippen molar-refractivity contribution in [1.82, 2.24) is 10.2 Å². The van der Waals surface area contributed by atoms with Crippen molar-refractivity contribution in [3.63, 3.8) is 0 Å². The van der Waals surface area contributed by atoms with E-state index in [0.717, 1.165) is 19.3 Å². The fourth-order valence-corrected chi connectivity index (χ4v) is 2.85. The summed E-state index contributed by atoms with van der Waals surface area (Å²) in [5.41, 5.74) is 0. The van der Waals surface area contributed by atoms with E-state index in [9.17, 15) is 14.4 Å². The molecule has 0 aromatic heterocycles. The van der Waals surface area contributed by atoms with E-state index in [0.29, 0.717) is 6.42 Å². The van der Waals surface area contributed by atoms with Crippen molar-refractivity contribution in [2.24, 2.45) is 0 Å². The molecule has 8 nitrogen and oxygen atoms in total. The van der Waals surface area contributed by atoms with Gasteiger partial charge in [-0.15, -0.1) is 0 Å². The Balaban J connectivity index is -0.000000563. The predicted octanol–water partition coefficient (Wildman–Crippen LogP) is -3.91. The number of aliphatic hydroxyl groups excluding tert-OH is 1. The Morgan fingerprint density at radius 1 is 0.862 bits per heavy atom. The molecule has 29 heavy (non-hydrogen) atoms. The molecule has 0 radical (unpaired) electrons. The van der Waals surface area contributed by atoms with Gasteiger partial charge in [0.25, 0.3) is 0 Å². The van der Waals surface area contributed by atoms with Crippen LogP contribution in [0.5, 0.6) is 0 Å². The largest absolute Gasteiger partial charge is 1.00 e. The number of carboxylic acid groups (broad SMARTS) is 2. The Bertz CT molecular complexity index is 438. The summed E-state index contributed by atoms with van der Waals surface area (Å²) in [4.78, 5) is 35.3. The smallest absolute Gasteiger partial charge is 1.00 e. The third-order valence-corrected chi connectivity index (χ3v) is 4.44. The summed E-state index contributed by atoms with van der Waals surface area (Å²) in [7, 11) is 0. The quantitative estimate of drug-likeness (QED) is 0.0982. The molecule has 0 rings (SSSR count). The zero-order valence-corrected chi connectivity index (χ0v) is 22.5. The number of nitrogens with one attached hydrogen (secondary N) is 1. The van der Waals surface area contributed by atoms with Gasteiger partial charge in [-0.3, -0.25) is 10.1 Å². The molecule has 0 aliphatic heterocycles. The first-order chi connectivity index (χ1) is 12.9. The molecule has 0 aliphatic rings. The topological polar surface area (TPSA) is 127 Å². The zero-order valence-electron chi connectivity index (χ0n) is 20.5. The summed E-state index contributed by atoms with van der Waals surface area (Å²) in [6, 6.07) is -1.70. The van der Waals surface area contributed by atoms with Crippen LogP contribution in [-0.2, 0) is 14.4 Å². The number of carboxylic acids is 2. The second kappa shape index (κ2) is 23.0. The first kappa shape index (κ1) is 34.0. The number of nitrogens with zero attached hydrogens (tertiary/aromatic N) is 1. The van der Waals surface area contributed by atoms with Crippen LogP contribution in [0.4, 0.5) is 0 Å². The molecule has 0 fully saturated rings. The van der Waals surface area contributed by atoms with Crippen LogP contribution in [-0.4, -0.2) is 70.3 Å². The minimum absolute atomic E-state index is 0. The standard InChI is InChI=1S/C19H36N2O6.2Na.2H/c1-2-3-4-5-6-7-8-9-10-11-16(23)21(14-15-22)13-12-20-17(18(24)25)19(26)27;;;;/h17,20,22H,2-15H2,1H3,(H,24,25)(H,26,27);;;;/q;2*+1;2*-1. The van der Waals surface area contributed by atoms with Crippen LogP contribution >= 0.6 is 0 Å². The molecule has 162 valence electrons. The van der Waals surface area contributed by atoms with Gasteiger partial charge in [0.15, 0.2) is 0 Å². The molecule has 0 heterocycles. The Kier molecular flexibility index (Phi) is 26.9. The van der Waals surface area contributed by atoms with E-state index in [1.54, 1.807) is 0 Å². The van der Waals surface area contributed by atoms with Gasteiger partial charge < -0.3 is 23.1 Å². The summed E-state index contributed by atoms with van der Waals surface area (Å²) in [5.74, 6) is -3.05. The molecule has 0 spiro atoms. The summed E-state index contributed by atoms with van der Waals surface area (Å²) < 4.78 is 0. The van der Waals surface area contributed by atoms with Crippen molar-refractivity contribution in [3.05, 3.63) is 0 Å². The van der Waals surface area contributed by atoms with E-state index >= 15 is 0 Å². The van der Waals surface area contributed by atoms with E-state index in [2.05, 4.69) is 12.2 Å². The average Bonchev–Trinajstić information content (AvgIpc) is 2.62. The molecule has 10 heteroatoms. The van der Waals surface area contributed by atoms with Gasteiger partial charge in [0.2, 0.25) is 11.9 Å². The normalized spacial score (nSPS) is 10.2. The summed E-state index contributed by atoms with van der Waals surface area (Å²) >= 11 is 0. The number of hydrogen-bond donors (Lipinski definition) is 4. The SMILES string of the molecule is CCCCCCCCCCCC(=O)N(CCO)CCNC(C(=O)O)C(=O)O.[H-].[H-].[Na+].[Na+]. The maximum absolute atomic E-state index is 12.2. The Hall–Kier alpha value is 0.330. The number of aliphatic carboxylic acids is 2. The van der Waals surface area contributed by atoms with Gasteiger partial charge in [0.05, 0.1) is 6.61 Å². The van der Waals surface area contributed by atoms with Crippen LogP contribution in [0.2, 0.25) is 0 Å². The summed E-state index contributed by atoms with van der Waals surface area (Å²) in [5, 5.41) is 29.1. The van der Waals surface area contributed by atoms with Crippen molar-refractivity contribution in [1.29, 1.82) is 0 Å². The van der Waals surface area contributed by atoms with Crippen molar-refractivity contribution >= 4 is 17.8 Å². The number of aliphatic hydroxyl groups is 1. The van der Waals surface area contributed by atoms with Crippen LogP contribution in [0.15, 0.2) is 0 Å². The fourth-order valence-electron chi connectivity index (χ4n) is 2.85. The molecule has 4 N–H and O–H groups in total. The second-order valence-corrected chi connectivity index (χ2v) is 6.75. The number of amides is 1. The molecule has 1 amide bonds. The van der Waals surface area contributed by atoms with Gasteiger partial charge in [-0.1, -0.05) is 58.3 Å². The number of carbonyl (C=O) groups excluding carboxylic acids is 1. The Labute approximate surface area is 221 Å². The average molecular weight is 437 g/mol. The van der Waals surface area contributed by atoms with Gasteiger partial charge >= 0.3 is 71.1 Å². The van der Waals surface area contributed by atoms with E-state index in [1.807, 2.05) is 0 Å². The van der Waals surface area contributed by atoms with Crippen LogP contribution in [0, 0.1) is 0 Å². The summed E-state index contributed by atoms with van der Waals surface area (Å²) in [6.07, 6.45) is 10.8. The number of rotatable bonds is 18. The number of hydrogen-bond acceptors (Lipinski definition) is 5. The van der Waals surface area contributed by atoms with Crippen LogP contribution < -0.4 is 64.4 Å². The summed E-state index contributed by atoms with van der Waals surface area (Å²) in [6.45, 7) is 2.36. The van der Waals surface area contributed by atoms with Crippen molar-refractivity contribution < 1.29 is 91.7 Å². The molecule has 0 saturated heterocycles. The fraction of sp³-hybridized carbons (Fsp3) is 0.842. The van der Waals surface area contributed by atoms with Gasteiger partial charge in [-0.05, 0) is 6.42 Å². The van der Waals surface area contributed by atoms with Crippen LogP contribution in [0.1, 0.15) is 74.0 Å². The second-order valence-electron chi connectivity index (χ2n) is 6.75. The molecular formula is C19H38N2Na2O6. The van der Waals surface area contributed by atoms with Gasteiger partial charge in [-0.2, -0.15) is 0 Å². The number of unbranched alkanes of at least 4 members (excludes halogenated alkanes) is 8. The first-order valence-electron chi connectivity index (χ1n) is 10.0. The Morgan fingerprint density at radius 2 is 1.34 bits per heavy atom. The molecular weight excluding hydrogens is 398 g/mol. The Morgan fingerprint density at radius 3 is 1.79 bits per heavy atom. The van der Waals surface area contributed by atoms with Crippen molar-refractivity contribution in [3.8, 4) is 0 Å². The van der Waals surface area contributed by atoms with Gasteiger partial charge in [0.1, 0.15) is 0 Å². The van der Waals surface area contributed by atoms with E-state index in [1.165, 1.54) is 43.4 Å². The maximum atomic E-state index is 12.2.